The highest BCUT2D eigenvalue weighted by Gasteiger charge is 2.74. The zero-order valence-electron chi connectivity index (χ0n) is 20.4. The van der Waals surface area contributed by atoms with Crippen molar-refractivity contribution in [2.45, 2.75) is 103 Å². The summed E-state index contributed by atoms with van der Waals surface area (Å²) in [4.78, 5) is 0. The van der Waals surface area contributed by atoms with E-state index in [-0.39, 0.29) is 23.4 Å². The van der Waals surface area contributed by atoms with E-state index < -0.39 is 23.1 Å². The molecule has 3 aliphatic carbocycles. The van der Waals surface area contributed by atoms with E-state index in [0.717, 1.165) is 32.1 Å². The van der Waals surface area contributed by atoms with E-state index in [9.17, 15) is 10.2 Å². The SMILES string of the molecule is Cc1c2c(cc3c1C[C@@H](O)CC3)[C@]13CC[C@H]([C@H](C)[C@]4(OC(C)(C)[C@@H](C)[C@H]4O)O1)[C@@]3(C)C=C2. The molecule has 1 saturated carbocycles. The van der Waals surface area contributed by atoms with Gasteiger partial charge in [-0.15, -0.1) is 0 Å². The fourth-order valence-corrected chi connectivity index (χ4v) is 8.19. The van der Waals surface area contributed by atoms with Gasteiger partial charge in [0.05, 0.1) is 11.7 Å². The van der Waals surface area contributed by atoms with Crippen LogP contribution in [0.3, 0.4) is 0 Å². The quantitative estimate of drug-likeness (QED) is 0.619. The maximum absolute atomic E-state index is 11.5. The van der Waals surface area contributed by atoms with Crippen LogP contribution in [0, 0.1) is 30.1 Å². The Morgan fingerprint density at radius 2 is 1.78 bits per heavy atom. The summed E-state index contributed by atoms with van der Waals surface area (Å²) >= 11 is 0. The molecule has 3 fully saturated rings. The summed E-state index contributed by atoms with van der Waals surface area (Å²) in [7, 11) is 0. The van der Waals surface area contributed by atoms with E-state index in [2.05, 4.69) is 59.8 Å². The number of rotatable bonds is 0. The number of hydrogen-bond donors (Lipinski definition) is 2. The minimum atomic E-state index is -0.980. The Morgan fingerprint density at radius 3 is 2.47 bits per heavy atom. The summed E-state index contributed by atoms with van der Waals surface area (Å²) in [5.74, 6) is -0.501. The van der Waals surface area contributed by atoms with Gasteiger partial charge in [-0.25, -0.2) is 0 Å². The van der Waals surface area contributed by atoms with E-state index in [1.54, 1.807) is 0 Å². The summed E-state index contributed by atoms with van der Waals surface area (Å²) in [5.41, 5.74) is 5.42. The Bertz CT molecular complexity index is 1030. The first-order chi connectivity index (χ1) is 15.0. The number of fused-ring (bicyclic) bond motifs is 2. The third-order valence-corrected chi connectivity index (χ3v) is 10.5. The Kier molecular flexibility index (Phi) is 4.18. The standard InChI is InChI=1S/C28H38O4/c1-15-20-9-11-26(6)22-10-12-27(26,23(20)13-18-7-8-19(29)14-21(15)18)32-28(16(22)2)24(30)17(3)25(4,5)31-28/h9,11,13,16-17,19,22,24,29-30H,7-8,10,12,14H2,1-6H3/t16-,17-,19-,22+,24+,26+,27-,28-/m0/s1. The van der Waals surface area contributed by atoms with Gasteiger partial charge in [0.2, 0.25) is 0 Å². The Hall–Kier alpha value is -1.20. The molecule has 2 aliphatic heterocycles. The van der Waals surface area contributed by atoms with Crippen LogP contribution in [0.25, 0.3) is 6.08 Å². The third-order valence-electron chi connectivity index (χ3n) is 10.5. The average molecular weight is 439 g/mol. The van der Waals surface area contributed by atoms with Crippen LogP contribution in [0.4, 0.5) is 0 Å². The predicted molar refractivity (Wildman–Crippen MR) is 124 cm³/mol. The van der Waals surface area contributed by atoms with E-state index in [4.69, 9.17) is 9.47 Å². The summed E-state index contributed by atoms with van der Waals surface area (Å²) in [6.07, 6.45) is 8.31. The highest BCUT2D eigenvalue weighted by molar-refractivity contribution is 5.68. The van der Waals surface area contributed by atoms with Crippen LogP contribution < -0.4 is 0 Å². The number of hydrogen-bond acceptors (Lipinski definition) is 4. The lowest BCUT2D eigenvalue weighted by Crippen LogP contribution is -2.64. The maximum Gasteiger partial charge on any atom is 0.199 e. The molecule has 0 unspecified atom stereocenters. The molecule has 2 heterocycles. The van der Waals surface area contributed by atoms with Gasteiger partial charge in [-0.05, 0) is 86.6 Å². The first-order valence-electron chi connectivity index (χ1n) is 12.6. The number of ether oxygens (including phenoxy) is 2. The van der Waals surface area contributed by atoms with Crippen molar-refractivity contribution >= 4 is 6.08 Å². The fourth-order valence-electron chi connectivity index (χ4n) is 8.19. The topological polar surface area (TPSA) is 58.9 Å². The Morgan fingerprint density at radius 1 is 1.03 bits per heavy atom. The molecule has 4 nitrogen and oxygen atoms in total. The largest absolute Gasteiger partial charge is 0.393 e. The van der Waals surface area contributed by atoms with Crippen LogP contribution in [0.15, 0.2) is 12.1 Å². The summed E-state index contributed by atoms with van der Waals surface area (Å²) in [6.45, 7) is 13.1. The summed E-state index contributed by atoms with van der Waals surface area (Å²) in [6, 6.07) is 2.38. The second kappa shape index (κ2) is 6.27. The van der Waals surface area contributed by atoms with Crippen LogP contribution in [-0.2, 0) is 27.9 Å². The molecule has 5 aliphatic rings. The summed E-state index contributed by atoms with van der Waals surface area (Å²) in [5, 5.41) is 21.8. The second-order valence-electron chi connectivity index (χ2n) is 12.1. The molecule has 174 valence electrons. The predicted octanol–water partition coefficient (Wildman–Crippen LogP) is 4.65. The van der Waals surface area contributed by atoms with Gasteiger partial charge < -0.3 is 19.7 Å². The van der Waals surface area contributed by atoms with Crippen LogP contribution in [0.5, 0.6) is 0 Å². The number of aliphatic hydroxyl groups excluding tert-OH is 2. The molecule has 4 heteroatoms. The van der Waals surface area contributed by atoms with Gasteiger partial charge in [0, 0.05) is 17.3 Å². The highest BCUT2D eigenvalue weighted by atomic mass is 16.7. The van der Waals surface area contributed by atoms with Crippen molar-refractivity contribution < 1.29 is 19.7 Å². The van der Waals surface area contributed by atoms with E-state index in [1.165, 1.54) is 27.8 Å². The number of benzene rings is 1. The second-order valence-corrected chi connectivity index (χ2v) is 12.1. The van der Waals surface area contributed by atoms with Crippen molar-refractivity contribution in [2.75, 3.05) is 0 Å². The molecular formula is C28H38O4. The van der Waals surface area contributed by atoms with E-state index in [1.807, 2.05) is 0 Å². The van der Waals surface area contributed by atoms with Crippen molar-refractivity contribution in [3.05, 3.63) is 40.0 Å². The molecule has 8 atom stereocenters. The van der Waals surface area contributed by atoms with Crippen molar-refractivity contribution in [1.29, 1.82) is 0 Å². The lowest BCUT2D eigenvalue weighted by atomic mass is 9.57. The lowest BCUT2D eigenvalue weighted by Gasteiger charge is -2.60. The van der Waals surface area contributed by atoms with Crippen LogP contribution in [-0.4, -0.2) is 33.8 Å². The van der Waals surface area contributed by atoms with Crippen LogP contribution in [0.2, 0.25) is 0 Å². The van der Waals surface area contributed by atoms with Gasteiger partial charge in [0.1, 0.15) is 11.7 Å². The zero-order chi connectivity index (χ0) is 22.8. The molecule has 2 saturated heterocycles. The molecule has 1 spiro atoms. The van der Waals surface area contributed by atoms with Gasteiger partial charge in [0.25, 0.3) is 0 Å². The number of aliphatic hydroxyl groups is 2. The minimum Gasteiger partial charge on any atom is -0.393 e. The molecule has 32 heavy (non-hydrogen) atoms. The van der Waals surface area contributed by atoms with Crippen LogP contribution in [0.1, 0.15) is 81.7 Å². The third kappa shape index (κ3) is 2.28. The Balaban J connectivity index is 1.56. The van der Waals surface area contributed by atoms with Gasteiger partial charge in [-0.1, -0.05) is 39.0 Å². The monoisotopic (exact) mass is 438 g/mol. The smallest absolute Gasteiger partial charge is 0.199 e. The first-order valence-corrected chi connectivity index (χ1v) is 12.6. The Labute approximate surface area is 192 Å². The normalized spacial score (nSPS) is 47.9. The van der Waals surface area contributed by atoms with Crippen LogP contribution >= 0.6 is 0 Å². The number of aryl methyl sites for hydroxylation is 1. The van der Waals surface area contributed by atoms with Crippen molar-refractivity contribution in [1.82, 2.24) is 0 Å². The molecule has 1 aromatic rings. The van der Waals surface area contributed by atoms with E-state index >= 15 is 0 Å². The van der Waals surface area contributed by atoms with Crippen molar-refractivity contribution in [3.63, 3.8) is 0 Å². The molecule has 0 aromatic heterocycles. The molecular weight excluding hydrogens is 400 g/mol. The molecule has 6 rings (SSSR count). The van der Waals surface area contributed by atoms with Gasteiger partial charge in [-0.2, -0.15) is 0 Å². The van der Waals surface area contributed by atoms with E-state index in [0.29, 0.717) is 5.92 Å². The maximum atomic E-state index is 11.5. The minimum absolute atomic E-state index is 0.00420. The molecule has 1 aromatic carbocycles. The van der Waals surface area contributed by atoms with Crippen molar-refractivity contribution in [3.8, 4) is 0 Å². The highest BCUT2D eigenvalue weighted by Crippen LogP contribution is 2.71. The average Bonchev–Trinajstić information content (AvgIpc) is 3.06. The van der Waals surface area contributed by atoms with Gasteiger partial charge >= 0.3 is 0 Å². The van der Waals surface area contributed by atoms with Gasteiger partial charge in [0.15, 0.2) is 5.79 Å². The molecule has 2 bridgehead atoms. The van der Waals surface area contributed by atoms with Gasteiger partial charge in [-0.3, -0.25) is 0 Å². The molecule has 0 amide bonds. The van der Waals surface area contributed by atoms with Crippen molar-refractivity contribution in [2.24, 2.45) is 23.2 Å². The zero-order valence-corrected chi connectivity index (χ0v) is 20.4. The molecule has 0 radical (unpaired) electrons. The molecule has 2 N–H and O–H groups in total. The first kappa shape index (κ1) is 21.3. The summed E-state index contributed by atoms with van der Waals surface area (Å²) < 4.78 is 14.0. The lowest BCUT2D eigenvalue weighted by molar-refractivity contribution is -0.382. The fraction of sp³-hybridized carbons (Fsp3) is 0.714.